The van der Waals surface area contributed by atoms with E-state index in [4.69, 9.17) is 15.2 Å². The van der Waals surface area contributed by atoms with Gasteiger partial charge in [-0.3, -0.25) is 9.59 Å². The summed E-state index contributed by atoms with van der Waals surface area (Å²) in [6.45, 7) is -0.384. The molecule has 0 unspecified atom stereocenters. The molecule has 0 aliphatic rings. The van der Waals surface area contributed by atoms with Crippen molar-refractivity contribution in [3.63, 3.8) is 0 Å². The number of esters is 1. The van der Waals surface area contributed by atoms with Crippen LogP contribution in [0.25, 0.3) is 11.1 Å². The highest BCUT2D eigenvalue weighted by Gasteiger charge is 2.30. The normalized spacial score (nSPS) is 11.0. The lowest BCUT2D eigenvalue weighted by atomic mass is 9.99. The molecule has 0 bridgehead atoms. The van der Waals surface area contributed by atoms with Gasteiger partial charge in [-0.05, 0) is 53.1 Å². The first-order valence-electron chi connectivity index (χ1n) is 10.3. The quantitative estimate of drug-likeness (QED) is 0.464. The zero-order valence-corrected chi connectivity index (χ0v) is 18.5. The molecule has 0 aliphatic carbocycles. The van der Waals surface area contributed by atoms with Crippen molar-refractivity contribution in [3.05, 3.63) is 83.4 Å². The Balaban J connectivity index is 1.75. The maximum atomic E-state index is 13.1. The molecule has 0 radical (unpaired) electrons. The van der Waals surface area contributed by atoms with E-state index < -0.39 is 29.5 Å². The van der Waals surface area contributed by atoms with Crippen LogP contribution in [0.5, 0.6) is 5.75 Å². The first-order chi connectivity index (χ1) is 16.6. The van der Waals surface area contributed by atoms with Crippen molar-refractivity contribution in [2.75, 3.05) is 19.0 Å². The number of carbonyl (C=O) groups excluding carboxylic acids is 3. The zero-order chi connectivity index (χ0) is 25.6. The molecule has 0 heterocycles. The summed E-state index contributed by atoms with van der Waals surface area (Å²) in [5.41, 5.74) is 5.66. The molecule has 0 aliphatic heterocycles. The van der Waals surface area contributed by atoms with Crippen LogP contribution < -0.4 is 15.8 Å². The molecular formula is C25H21F3N2O5. The number of hydrogen-bond donors (Lipinski definition) is 2. The van der Waals surface area contributed by atoms with Gasteiger partial charge in [0.1, 0.15) is 5.75 Å². The van der Waals surface area contributed by atoms with Gasteiger partial charge >= 0.3 is 12.1 Å². The number of benzene rings is 3. The minimum atomic E-state index is -4.52. The van der Waals surface area contributed by atoms with Gasteiger partial charge in [0.15, 0.2) is 6.61 Å². The molecule has 3 N–H and O–H groups in total. The van der Waals surface area contributed by atoms with Crippen LogP contribution in [-0.4, -0.2) is 31.5 Å². The van der Waals surface area contributed by atoms with E-state index in [1.54, 1.807) is 24.3 Å². The third-order valence-electron chi connectivity index (χ3n) is 4.89. The first kappa shape index (κ1) is 25.3. The maximum absolute atomic E-state index is 13.1. The monoisotopic (exact) mass is 486 g/mol. The minimum absolute atomic E-state index is 0.0356. The lowest BCUT2D eigenvalue weighted by molar-refractivity contribution is -0.137. The van der Waals surface area contributed by atoms with Crippen molar-refractivity contribution < 1.29 is 37.0 Å². The third kappa shape index (κ3) is 6.83. The number of rotatable bonds is 8. The fraction of sp³-hybridized carbons (Fsp3) is 0.160. The molecule has 3 rings (SSSR count). The van der Waals surface area contributed by atoms with Crippen LogP contribution in [0.15, 0.2) is 66.7 Å². The Hall–Kier alpha value is -4.34. The lowest BCUT2D eigenvalue weighted by Gasteiger charge is -2.13. The molecule has 2 amide bonds. The number of alkyl halides is 3. The first-order valence-corrected chi connectivity index (χ1v) is 10.3. The van der Waals surface area contributed by atoms with Crippen LogP contribution in [0.1, 0.15) is 21.5 Å². The Morgan fingerprint density at radius 1 is 0.943 bits per heavy atom. The van der Waals surface area contributed by atoms with E-state index in [0.29, 0.717) is 16.9 Å². The van der Waals surface area contributed by atoms with E-state index in [-0.39, 0.29) is 29.8 Å². The Labute approximate surface area is 198 Å². The summed E-state index contributed by atoms with van der Waals surface area (Å²) < 4.78 is 49.4. The van der Waals surface area contributed by atoms with Crippen molar-refractivity contribution in [1.29, 1.82) is 0 Å². The molecule has 3 aromatic rings. The second-order valence-corrected chi connectivity index (χ2v) is 7.45. The van der Waals surface area contributed by atoms with Gasteiger partial charge in [-0.25, -0.2) is 4.79 Å². The fourth-order valence-electron chi connectivity index (χ4n) is 3.23. The van der Waals surface area contributed by atoms with Gasteiger partial charge in [-0.15, -0.1) is 0 Å². The fourth-order valence-corrected chi connectivity index (χ4v) is 3.23. The summed E-state index contributed by atoms with van der Waals surface area (Å²) in [4.78, 5) is 35.6. The molecular weight excluding hydrogens is 465 g/mol. The number of halogens is 3. The highest BCUT2D eigenvalue weighted by Crippen LogP contribution is 2.33. The number of ether oxygens (including phenoxy) is 2. The van der Waals surface area contributed by atoms with Crippen molar-refractivity contribution >= 4 is 23.5 Å². The Morgan fingerprint density at radius 2 is 1.63 bits per heavy atom. The van der Waals surface area contributed by atoms with Crippen LogP contribution >= 0.6 is 0 Å². The molecule has 0 saturated heterocycles. The highest BCUT2D eigenvalue weighted by atomic mass is 19.4. The summed E-state index contributed by atoms with van der Waals surface area (Å²) in [6, 6.07) is 15.3. The number of carbonyl (C=O) groups is 3. The molecule has 0 spiro atoms. The Morgan fingerprint density at radius 3 is 2.26 bits per heavy atom. The molecule has 7 nitrogen and oxygen atoms in total. The molecule has 182 valence electrons. The highest BCUT2D eigenvalue weighted by molar-refractivity contribution is 6.02. The Bertz CT molecular complexity index is 1240. The Kier molecular flexibility index (Phi) is 7.75. The van der Waals surface area contributed by atoms with Gasteiger partial charge in [0.25, 0.3) is 5.91 Å². The van der Waals surface area contributed by atoms with E-state index in [9.17, 15) is 27.6 Å². The minimum Gasteiger partial charge on any atom is -0.484 e. The van der Waals surface area contributed by atoms with Crippen molar-refractivity contribution in [3.8, 4) is 16.9 Å². The zero-order valence-electron chi connectivity index (χ0n) is 18.5. The number of nitrogens with one attached hydrogen (secondary N) is 1. The van der Waals surface area contributed by atoms with Crippen LogP contribution in [0.2, 0.25) is 0 Å². The van der Waals surface area contributed by atoms with E-state index in [1.807, 2.05) is 0 Å². The standard InChI is InChI=1S/C25H21F3N2O5/c1-34-24(33)20-13-17(16-3-2-4-18(12-16)25(26,27)28)7-10-21(20)30-23(32)14-35-19-8-5-15(6-9-19)11-22(29)31/h2-10,12-13H,11,14H2,1H3,(H2,29,31)(H,30,32). The second-order valence-electron chi connectivity index (χ2n) is 7.45. The summed E-state index contributed by atoms with van der Waals surface area (Å²) in [7, 11) is 1.15. The van der Waals surface area contributed by atoms with Crippen molar-refractivity contribution in [2.45, 2.75) is 12.6 Å². The average Bonchev–Trinajstić information content (AvgIpc) is 2.82. The van der Waals surface area contributed by atoms with E-state index in [0.717, 1.165) is 19.2 Å². The van der Waals surface area contributed by atoms with Gasteiger partial charge in [-0.1, -0.05) is 30.3 Å². The van der Waals surface area contributed by atoms with Crippen LogP contribution in [0, 0.1) is 0 Å². The van der Waals surface area contributed by atoms with Gasteiger partial charge in [-0.2, -0.15) is 13.2 Å². The van der Waals surface area contributed by atoms with E-state index in [1.165, 1.54) is 30.3 Å². The third-order valence-corrected chi connectivity index (χ3v) is 4.89. The van der Waals surface area contributed by atoms with Crippen LogP contribution in [-0.2, 0) is 26.9 Å². The summed E-state index contributed by atoms with van der Waals surface area (Å²) in [6.07, 6.45) is -4.44. The maximum Gasteiger partial charge on any atom is 0.416 e. The summed E-state index contributed by atoms with van der Waals surface area (Å²) in [5, 5.41) is 2.54. The van der Waals surface area contributed by atoms with Gasteiger partial charge in [0.2, 0.25) is 5.91 Å². The van der Waals surface area contributed by atoms with Gasteiger partial charge in [0, 0.05) is 0 Å². The van der Waals surface area contributed by atoms with E-state index >= 15 is 0 Å². The molecule has 0 fully saturated rings. The van der Waals surface area contributed by atoms with E-state index in [2.05, 4.69) is 5.32 Å². The molecule has 10 heteroatoms. The van der Waals surface area contributed by atoms with Crippen molar-refractivity contribution in [2.24, 2.45) is 5.73 Å². The predicted octanol–water partition coefficient (Wildman–Crippen LogP) is 4.20. The number of hydrogen-bond acceptors (Lipinski definition) is 5. The summed E-state index contributed by atoms with van der Waals surface area (Å²) >= 11 is 0. The predicted molar refractivity (Wildman–Crippen MR) is 122 cm³/mol. The molecule has 3 aromatic carbocycles. The lowest BCUT2D eigenvalue weighted by Crippen LogP contribution is -2.22. The van der Waals surface area contributed by atoms with Crippen LogP contribution in [0.3, 0.4) is 0 Å². The average molecular weight is 486 g/mol. The van der Waals surface area contributed by atoms with Gasteiger partial charge < -0.3 is 20.5 Å². The van der Waals surface area contributed by atoms with Crippen molar-refractivity contribution in [1.82, 2.24) is 0 Å². The topological polar surface area (TPSA) is 108 Å². The number of primary amides is 1. The molecule has 35 heavy (non-hydrogen) atoms. The smallest absolute Gasteiger partial charge is 0.416 e. The SMILES string of the molecule is COC(=O)c1cc(-c2cccc(C(F)(F)F)c2)ccc1NC(=O)COc1ccc(CC(N)=O)cc1. The number of anilines is 1. The molecule has 0 saturated carbocycles. The number of nitrogens with two attached hydrogens (primary N) is 1. The summed E-state index contributed by atoms with van der Waals surface area (Å²) in [5.74, 6) is -1.46. The molecule has 0 atom stereocenters. The number of amides is 2. The largest absolute Gasteiger partial charge is 0.484 e. The second kappa shape index (κ2) is 10.7. The molecule has 0 aromatic heterocycles. The van der Waals surface area contributed by atoms with Gasteiger partial charge in [0.05, 0.1) is 30.3 Å². The van der Waals surface area contributed by atoms with Crippen LogP contribution in [0.4, 0.5) is 18.9 Å². The number of methoxy groups -OCH3 is 1.